The van der Waals surface area contributed by atoms with Crippen molar-refractivity contribution in [3.8, 4) is 5.75 Å². The molecule has 7 nitrogen and oxygen atoms in total. The molecule has 1 N–H and O–H groups in total. The van der Waals surface area contributed by atoms with Crippen molar-refractivity contribution in [2.75, 3.05) is 19.8 Å². The molecule has 0 spiro atoms. The Hall–Kier alpha value is -1.13. The van der Waals surface area contributed by atoms with Gasteiger partial charge >= 0.3 is 5.16 Å². The second kappa shape index (κ2) is 9.38. The van der Waals surface area contributed by atoms with E-state index < -0.39 is 11.2 Å². The molecule has 1 aliphatic heterocycles. The van der Waals surface area contributed by atoms with E-state index in [0.717, 1.165) is 22.3 Å². The predicted molar refractivity (Wildman–Crippen MR) is 102 cm³/mol. The fourth-order valence-electron chi connectivity index (χ4n) is 2.75. The Kier molecular flexibility index (Phi) is 7.16. The Labute approximate surface area is 182 Å². The van der Waals surface area contributed by atoms with Gasteiger partial charge in [-0.05, 0) is 25.1 Å². The molecule has 1 radical (unpaired) electrons. The van der Waals surface area contributed by atoms with Crippen LogP contribution in [0.5, 0.6) is 5.75 Å². The minimum absolute atomic E-state index is 0. The second-order valence-corrected chi connectivity index (χ2v) is 7.28. The van der Waals surface area contributed by atoms with Crippen molar-refractivity contribution in [1.29, 1.82) is 0 Å². The third-order valence-corrected chi connectivity index (χ3v) is 5.34. The van der Waals surface area contributed by atoms with E-state index >= 15 is 0 Å². The molecule has 9 heteroatoms. The molecule has 0 saturated carbocycles. The van der Waals surface area contributed by atoms with Crippen LogP contribution in [0.4, 0.5) is 0 Å². The van der Waals surface area contributed by atoms with Crippen LogP contribution in [0.1, 0.15) is 11.3 Å². The number of imidazole rings is 1. The molecule has 1 aliphatic rings. The van der Waals surface area contributed by atoms with E-state index in [-0.39, 0.29) is 41.6 Å². The molecule has 1 unspecified atom stereocenters. The maximum Gasteiger partial charge on any atom is 0.322 e. The van der Waals surface area contributed by atoms with Gasteiger partial charge in [0.25, 0.3) is 0 Å². The second-order valence-electron chi connectivity index (χ2n) is 5.91. The van der Waals surface area contributed by atoms with Gasteiger partial charge in [0.05, 0.1) is 29.9 Å². The van der Waals surface area contributed by atoms with Gasteiger partial charge in [-0.25, -0.2) is 0 Å². The van der Waals surface area contributed by atoms with Crippen LogP contribution >= 0.6 is 0 Å². The van der Waals surface area contributed by atoms with Crippen LogP contribution in [0.25, 0.3) is 11.0 Å². The molecule has 2 aromatic heterocycles. The fourth-order valence-corrected chi connectivity index (χ4v) is 3.85. The number of rotatable bonds is 6. The number of hydrogen-bond donors (Lipinski definition) is 1. The maximum atomic E-state index is 12.7. The minimum Gasteiger partial charge on any atom is -0.609 e. The number of nitrogens with one attached hydrogen (secondary N) is 1. The van der Waals surface area contributed by atoms with Crippen molar-refractivity contribution in [3.63, 3.8) is 0 Å². The molecule has 4 rings (SSSR count). The van der Waals surface area contributed by atoms with E-state index in [9.17, 15) is 4.55 Å². The van der Waals surface area contributed by atoms with Gasteiger partial charge in [0.2, 0.25) is 0 Å². The number of benzene rings is 1. The Bertz CT molecular complexity index is 868. The number of aromatic amines is 1. The smallest absolute Gasteiger partial charge is 0.322 e. The van der Waals surface area contributed by atoms with Crippen LogP contribution in [-0.2, 0) is 26.4 Å². The van der Waals surface area contributed by atoms with Crippen LogP contribution in [0.15, 0.2) is 41.7 Å². The molecule has 0 aliphatic carbocycles. The molecule has 3 aromatic rings. The van der Waals surface area contributed by atoms with Crippen molar-refractivity contribution in [3.05, 3.63) is 47.8 Å². The first-order chi connectivity index (χ1) is 12.7. The summed E-state index contributed by atoms with van der Waals surface area (Å²) >= 11 is -1.33. The summed E-state index contributed by atoms with van der Waals surface area (Å²) in [5.74, 6) is 0.954. The molecule has 1 fully saturated rings. The van der Waals surface area contributed by atoms with Gasteiger partial charge in [0, 0.05) is 52.5 Å². The maximum absolute atomic E-state index is 12.7. The summed E-state index contributed by atoms with van der Waals surface area (Å²) < 4.78 is 29.2. The molecule has 1 atom stereocenters. The monoisotopic (exact) mass is 396 g/mol. The molecular formula is C18H19N3NaO4S. The molecule has 1 saturated heterocycles. The molecule has 0 bridgehead atoms. The standard InChI is InChI=1S/C18H19N3O4S.Na/c1-12-15(19-7-6-16(12)25-10-17-23-8-9-24-17)11-26(22)18-20-13-4-2-3-5-14(13)21-18;/h2-7,17H,8-11H2,1H3,(H,20,21);. The van der Waals surface area contributed by atoms with E-state index in [0.29, 0.717) is 30.7 Å². The normalized spacial score (nSPS) is 15.6. The summed E-state index contributed by atoms with van der Waals surface area (Å²) in [6, 6.07) is 9.40. The molecular weight excluding hydrogens is 377 g/mol. The number of para-hydroxylation sites is 2. The number of pyridine rings is 1. The van der Waals surface area contributed by atoms with Crippen molar-refractivity contribution in [1.82, 2.24) is 15.0 Å². The van der Waals surface area contributed by atoms with E-state index in [1.165, 1.54) is 0 Å². The number of ether oxygens (including phenoxy) is 3. The van der Waals surface area contributed by atoms with Gasteiger partial charge in [-0.15, -0.1) is 0 Å². The first kappa shape index (κ1) is 20.6. The quantitative estimate of drug-likeness (QED) is 0.506. The van der Waals surface area contributed by atoms with Crippen molar-refractivity contribution < 1.29 is 18.8 Å². The van der Waals surface area contributed by atoms with E-state index in [1.807, 2.05) is 31.2 Å². The largest absolute Gasteiger partial charge is 0.609 e. The summed E-state index contributed by atoms with van der Waals surface area (Å²) in [6.45, 7) is 3.40. The molecule has 1 aromatic carbocycles. The average Bonchev–Trinajstić information content (AvgIpc) is 3.31. The Morgan fingerprint density at radius 1 is 1.26 bits per heavy atom. The van der Waals surface area contributed by atoms with E-state index in [4.69, 9.17) is 14.2 Å². The van der Waals surface area contributed by atoms with Gasteiger partial charge in [0.1, 0.15) is 12.4 Å². The fraction of sp³-hybridized carbons (Fsp3) is 0.333. The van der Waals surface area contributed by atoms with Gasteiger partial charge < -0.3 is 18.8 Å². The first-order valence-electron chi connectivity index (χ1n) is 8.34. The third kappa shape index (κ3) is 4.83. The number of fused-ring (bicyclic) bond motifs is 1. The van der Waals surface area contributed by atoms with Crippen LogP contribution < -0.4 is 4.74 Å². The predicted octanol–water partition coefficient (Wildman–Crippen LogP) is 1.95. The zero-order valence-corrected chi connectivity index (χ0v) is 18.1. The Morgan fingerprint density at radius 2 is 2.04 bits per heavy atom. The number of H-pyrrole nitrogens is 1. The summed E-state index contributed by atoms with van der Waals surface area (Å²) in [7, 11) is 0. The van der Waals surface area contributed by atoms with Crippen LogP contribution in [0, 0.1) is 6.92 Å². The third-order valence-electron chi connectivity index (χ3n) is 4.18. The van der Waals surface area contributed by atoms with Crippen molar-refractivity contribution in [2.45, 2.75) is 24.1 Å². The van der Waals surface area contributed by atoms with Crippen LogP contribution in [0.2, 0.25) is 0 Å². The SMILES string of the molecule is Cc1c(OCC2OCCO2)ccnc1C[S+]([O-])c1nc2ccccc2[nH]1.[Na]. The molecule has 137 valence electrons. The molecule has 0 amide bonds. The van der Waals surface area contributed by atoms with Gasteiger partial charge in [-0.3, -0.25) is 9.97 Å². The van der Waals surface area contributed by atoms with E-state index in [2.05, 4.69) is 15.0 Å². The average molecular weight is 396 g/mol. The van der Waals surface area contributed by atoms with Gasteiger partial charge in [-0.2, -0.15) is 4.98 Å². The zero-order chi connectivity index (χ0) is 17.9. The minimum atomic E-state index is -1.33. The Balaban J connectivity index is 0.00000210. The topological polar surface area (TPSA) is 92.3 Å². The summed E-state index contributed by atoms with van der Waals surface area (Å²) in [4.78, 5) is 11.9. The number of hydrogen-bond acceptors (Lipinski definition) is 6. The zero-order valence-electron chi connectivity index (χ0n) is 15.3. The van der Waals surface area contributed by atoms with Gasteiger partial charge in [0.15, 0.2) is 12.0 Å². The van der Waals surface area contributed by atoms with Crippen LogP contribution in [0.3, 0.4) is 0 Å². The summed E-state index contributed by atoms with van der Waals surface area (Å²) in [6.07, 6.45) is 1.32. The van der Waals surface area contributed by atoms with Crippen molar-refractivity contribution >= 4 is 51.8 Å². The van der Waals surface area contributed by atoms with Crippen molar-refractivity contribution in [2.24, 2.45) is 0 Å². The van der Waals surface area contributed by atoms with Crippen LogP contribution in [-0.4, -0.2) is 75.2 Å². The number of aromatic nitrogens is 3. The summed E-state index contributed by atoms with van der Waals surface area (Å²) in [5.41, 5.74) is 3.24. The Morgan fingerprint density at radius 3 is 2.81 bits per heavy atom. The first-order valence-corrected chi connectivity index (χ1v) is 9.66. The molecule has 3 heterocycles. The summed E-state index contributed by atoms with van der Waals surface area (Å²) in [5, 5.41) is 0.450. The van der Waals surface area contributed by atoms with E-state index in [1.54, 1.807) is 12.3 Å². The van der Waals surface area contributed by atoms with Gasteiger partial charge in [-0.1, -0.05) is 12.1 Å². The number of nitrogens with zero attached hydrogens (tertiary/aromatic N) is 2. The molecule has 27 heavy (non-hydrogen) atoms.